The van der Waals surface area contributed by atoms with Gasteiger partial charge in [-0.1, -0.05) is 24.0 Å². The van der Waals surface area contributed by atoms with Crippen molar-refractivity contribution in [1.29, 1.82) is 0 Å². The lowest BCUT2D eigenvalue weighted by molar-refractivity contribution is 0.266. The number of hydrogen-bond donors (Lipinski definition) is 1. The minimum Gasteiger partial charge on any atom is -0.395 e. The van der Waals surface area contributed by atoms with Crippen LogP contribution in [0.5, 0.6) is 0 Å². The molecule has 0 aliphatic heterocycles. The van der Waals surface area contributed by atoms with Crippen LogP contribution in [-0.4, -0.2) is 29.7 Å². The molecule has 0 aliphatic rings. The second-order valence-electron chi connectivity index (χ2n) is 4.48. The van der Waals surface area contributed by atoms with Crippen LogP contribution in [0.2, 0.25) is 0 Å². The van der Waals surface area contributed by atoms with Crippen molar-refractivity contribution in [3.05, 3.63) is 35.4 Å². The van der Waals surface area contributed by atoms with Gasteiger partial charge in [-0.25, -0.2) is 0 Å². The summed E-state index contributed by atoms with van der Waals surface area (Å²) in [5, 5.41) is 8.67. The van der Waals surface area contributed by atoms with Crippen LogP contribution >= 0.6 is 0 Å². The molecule has 0 amide bonds. The molecule has 1 N–H and O–H groups in total. The Bertz CT molecular complexity index is 401. The van der Waals surface area contributed by atoms with Crippen LogP contribution in [0.3, 0.4) is 0 Å². The molecule has 2 heteroatoms. The predicted octanol–water partition coefficient (Wildman–Crippen LogP) is 2.26. The third kappa shape index (κ3) is 5.04. The van der Waals surface area contributed by atoms with Gasteiger partial charge in [-0.15, -0.1) is 0 Å². The Morgan fingerprint density at radius 2 is 2.12 bits per heavy atom. The second kappa shape index (κ2) is 7.11. The van der Waals surface area contributed by atoms with Crippen LogP contribution in [0.15, 0.2) is 24.3 Å². The molecule has 1 rings (SSSR count). The fourth-order valence-corrected chi connectivity index (χ4v) is 1.44. The van der Waals surface area contributed by atoms with E-state index in [2.05, 4.69) is 49.8 Å². The number of aliphatic hydroxyl groups excluding tert-OH is 1. The average molecular weight is 231 g/mol. The largest absolute Gasteiger partial charge is 0.395 e. The highest BCUT2D eigenvalue weighted by molar-refractivity contribution is 5.37. The topological polar surface area (TPSA) is 23.5 Å². The molecule has 2 nitrogen and oxygen atoms in total. The SMILES string of the molecule is CC(C)N(C)Cc1cccc(C#CCCO)c1. The zero-order valence-corrected chi connectivity index (χ0v) is 10.9. The number of hydrogen-bond acceptors (Lipinski definition) is 2. The van der Waals surface area contributed by atoms with E-state index in [9.17, 15) is 0 Å². The summed E-state index contributed by atoms with van der Waals surface area (Å²) in [4.78, 5) is 2.29. The van der Waals surface area contributed by atoms with Crippen molar-refractivity contribution in [2.24, 2.45) is 0 Å². The van der Waals surface area contributed by atoms with Gasteiger partial charge >= 0.3 is 0 Å². The van der Waals surface area contributed by atoms with Gasteiger partial charge in [0, 0.05) is 24.6 Å². The van der Waals surface area contributed by atoms with E-state index in [1.54, 1.807) is 0 Å². The van der Waals surface area contributed by atoms with Crippen molar-refractivity contribution in [2.75, 3.05) is 13.7 Å². The molecular formula is C15H21NO. The summed E-state index contributed by atoms with van der Waals surface area (Å²) in [5.41, 5.74) is 2.30. The molecule has 0 fully saturated rings. The first-order chi connectivity index (χ1) is 8.13. The molecule has 0 aliphatic carbocycles. The van der Waals surface area contributed by atoms with Crippen LogP contribution in [0, 0.1) is 11.8 Å². The fourth-order valence-electron chi connectivity index (χ4n) is 1.44. The van der Waals surface area contributed by atoms with Gasteiger partial charge in [-0.2, -0.15) is 0 Å². The lowest BCUT2D eigenvalue weighted by Gasteiger charge is -2.20. The monoisotopic (exact) mass is 231 g/mol. The second-order valence-corrected chi connectivity index (χ2v) is 4.48. The maximum absolute atomic E-state index is 8.67. The average Bonchev–Trinajstić information content (AvgIpc) is 2.30. The highest BCUT2D eigenvalue weighted by Gasteiger charge is 2.03. The van der Waals surface area contributed by atoms with Crippen LogP contribution in [0.4, 0.5) is 0 Å². The number of aliphatic hydroxyl groups is 1. The zero-order chi connectivity index (χ0) is 12.7. The minimum atomic E-state index is 0.128. The van der Waals surface area contributed by atoms with Gasteiger partial charge in [-0.3, -0.25) is 4.90 Å². The van der Waals surface area contributed by atoms with Crippen LogP contribution in [0.25, 0.3) is 0 Å². The summed E-state index contributed by atoms with van der Waals surface area (Å²) in [7, 11) is 2.12. The van der Waals surface area contributed by atoms with Gasteiger partial charge in [-0.05, 0) is 38.6 Å². The third-order valence-electron chi connectivity index (χ3n) is 2.71. The summed E-state index contributed by atoms with van der Waals surface area (Å²) in [5.74, 6) is 6.00. The molecule has 0 radical (unpaired) electrons. The molecule has 0 aromatic heterocycles. The Hall–Kier alpha value is -1.30. The predicted molar refractivity (Wildman–Crippen MR) is 71.6 cm³/mol. The van der Waals surface area contributed by atoms with Gasteiger partial charge in [0.15, 0.2) is 0 Å². The molecule has 0 saturated carbocycles. The van der Waals surface area contributed by atoms with Crippen molar-refractivity contribution in [1.82, 2.24) is 4.90 Å². The van der Waals surface area contributed by atoms with Crippen molar-refractivity contribution < 1.29 is 5.11 Å². The maximum Gasteiger partial charge on any atom is 0.0540 e. The lowest BCUT2D eigenvalue weighted by atomic mass is 10.1. The molecule has 17 heavy (non-hydrogen) atoms. The molecule has 0 saturated heterocycles. The van der Waals surface area contributed by atoms with Gasteiger partial charge in [0.25, 0.3) is 0 Å². The van der Waals surface area contributed by atoms with Gasteiger partial charge in [0.05, 0.1) is 6.61 Å². The lowest BCUT2D eigenvalue weighted by Crippen LogP contribution is -2.25. The summed E-state index contributed by atoms with van der Waals surface area (Å²) in [6.45, 7) is 5.44. The molecule has 0 unspecified atom stereocenters. The molecule has 1 aromatic rings. The molecule has 0 spiro atoms. The number of nitrogens with zero attached hydrogens (tertiary/aromatic N) is 1. The Morgan fingerprint density at radius 1 is 1.35 bits per heavy atom. The standard InChI is InChI=1S/C15H21NO/c1-13(2)16(3)12-15-9-6-8-14(11-15)7-4-5-10-17/h6,8-9,11,13,17H,5,10,12H2,1-3H3. The van der Waals surface area contributed by atoms with E-state index in [0.29, 0.717) is 12.5 Å². The first kappa shape index (κ1) is 13.8. The maximum atomic E-state index is 8.67. The van der Waals surface area contributed by atoms with Crippen LogP contribution < -0.4 is 0 Å². The molecule has 0 heterocycles. The third-order valence-corrected chi connectivity index (χ3v) is 2.71. The van der Waals surface area contributed by atoms with E-state index in [-0.39, 0.29) is 6.61 Å². The number of benzene rings is 1. The van der Waals surface area contributed by atoms with E-state index in [4.69, 9.17) is 5.11 Å². The zero-order valence-electron chi connectivity index (χ0n) is 10.9. The first-order valence-corrected chi connectivity index (χ1v) is 6.02. The number of rotatable bonds is 4. The molecule has 1 aromatic carbocycles. The van der Waals surface area contributed by atoms with E-state index in [1.165, 1.54) is 5.56 Å². The van der Waals surface area contributed by atoms with Crippen molar-refractivity contribution in [2.45, 2.75) is 32.9 Å². The Morgan fingerprint density at radius 3 is 2.76 bits per heavy atom. The summed E-state index contributed by atoms with van der Waals surface area (Å²) >= 11 is 0. The van der Waals surface area contributed by atoms with Gasteiger partial charge in [0.2, 0.25) is 0 Å². The van der Waals surface area contributed by atoms with Gasteiger partial charge in [0.1, 0.15) is 0 Å². The summed E-state index contributed by atoms with van der Waals surface area (Å²) in [6, 6.07) is 8.81. The Labute approximate surface area is 104 Å². The van der Waals surface area contributed by atoms with Crippen LogP contribution in [0.1, 0.15) is 31.4 Å². The van der Waals surface area contributed by atoms with E-state index in [1.807, 2.05) is 12.1 Å². The van der Waals surface area contributed by atoms with E-state index >= 15 is 0 Å². The molecular weight excluding hydrogens is 210 g/mol. The first-order valence-electron chi connectivity index (χ1n) is 6.02. The van der Waals surface area contributed by atoms with Gasteiger partial charge < -0.3 is 5.11 Å². The fraction of sp³-hybridized carbons (Fsp3) is 0.467. The summed E-state index contributed by atoms with van der Waals surface area (Å²) < 4.78 is 0. The van der Waals surface area contributed by atoms with Crippen molar-refractivity contribution in [3.63, 3.8) is 0 Å². The summed E-state index contributed by atoms with van der Waals surface area (Å²) in [6.07, 6.45) is 0.538. The highest BCUT2D eigenvalue weighted by atomic mass is 16.2. The van der Waals surface area contributed by atoms with Crippen molar-refractivity contribution >= 4 is 0 Å². The normalized spacial score (nSPS) is 10.5. The van der Waals surface area contributed by atoms with E-state index < -0.39 is 0 Å². The minimum absolute atomic E-state index is 0.128. The quantitative estimate of drug-likeness (QED) is 0.803. The Balaban J connectivity index is 2.70. The molecule has 92 valence electrons. The highest BCUT2D eigenvalue weighted by Crippen LogP contribution is 2.08. The Kier molecular flexibility index (Phi) is 5.76. The van der Waals surface area contributed by atoms with Crippen LogP contribution in [-0.2, 0) is 6.54 Å². The molecule has 0 atom stereocenters. The van der Waals surface area contributed by atoms with Crippen molar-refractivity contribution in [3.8, 4) is 11.8 Å². The smallest absolute Gasteiger partial charge is 0.0540 e. The van der Waals surface area contributed by atoms with E-state index in [0.717, 1.165) is 12.1 Å². The molecule has 0 bridgehead atoms.